The van der Waals surface area contributed by atoms with Gasteiger partial charge in [0.2, 0.25) is 5.91 Å². The van der Waals surface area contributed by atoms with Crippen LogP contribution >= 0.6 is 11.3 Å². The van der Waals surface area contributed by atoms with Crippen LogP contribution in [0.1, 0.15) is 29.1 Å². The van der Waals surface area contributed by atoms with E-state index in [9.17, 15) is 4.79 Å². The van der Waals surface area contributed by atoms with Gasteiger partial charge in [-0.15, -0.1) is 26.2 Å². The van der Waals surface area contributed by atoms with E-state index in [1.165, 1.54) is 9.51 Å². The summed E-state index contributed by atoms with van der Waals surface area (Å²) in [5, 5.41) is 15.8. The number of aromatic nitrogens is 7. The number of hydrogen-bond acceptors (Lipinski definition) is 8. The van der Waals surface area contributed by atoms with Crippen LogP contribution in [0.2, 0.25) is 0 Å². The lowest BCUT2D eigenvalue weighted by molar-refractivity contribution is -0.135. The van der Waals surface area contributed by atoms with Crippen LogP contribution in [0.5, 0.6) is 0 Å². The number of rotatable bonds is 4. The molecular weight excluding hydrogens is 402 g/mol. The lowest BCUT2D eigenvalue weighted by Gasteiger charge is -2.33. The molecule has 1 aliphatic heterocycles. The normalized spacial score (nSPS) is 15.4. The van der Waals surface area contributed by atoms with Crippen molar-refractivity contribution in [1.29, 1.82) is 0 Å². The van der Waals surface area contributed by atoms with Gasteiger partial charge in [0.05, 0.1) is 17.9 Å². The predicted octanol–water partition coefficient (Wildman–Crippen LogP) is 1.72. The maximum atomic E-state index is 13.1. The monoisotopic (exact) mass is 425 g/mol. The van der Waals surface area contributed by atoms with Crippen LogP contribution in [0.15, 0.2) is 18.3 Å². The van der Waals surface area contributed by atoms with Gasteiger partial charge < -0.3 is 9.80 Å². The van der Waals surface area contributed by atoms with Gasteiger partial charge in [-0.3, -0.25) is 9.20 Å². The lowest BCUT2D eigenvalue weighted by Crippen LogP contribution is -2.41. The predicted molar refractivity (Wildman–Crippen MR) is 113 cm³/mol. The van der Waals surface area contributed by atoms with E-state index in [-0.39, 0.29) is 11.8 Å². The van der Waals surface area contributed by atoms with Crippen molar-refractivity contribution >= 4 is 33.7 Å². The maximum Gasteiger partial charge on any atom is 0.225 e. The van der Waals surface area contributed by atoms with Gasteiger partial charge in [-0.1, -0.05) is 0 Å². The van der Waals surface area contributed by atoms with Crippen molar-refractivity contribution in [2.24, 2.45) is 5.92 Å². The number of piperidine rings is 1. The Bertz CT molecular complexity index is 1220. The number of tetrazole rings is 1. The summed E-state index contributed by atoms with van der Waals surface area (Å²) in [7, 11) is 1.89. The zero-order valence-corrected chi connectivity index (χ0v) is 18.0. The van der Waals surface area contributed by atoms with Gasteiger partial charge in [0.15, 0.2) is 16.4 Å². The first-order valence-electron chi connectivity index (χ1n) is 9.99. The van der Waals surface area contributed by atoms with Crippen LogP contribution in [-0.2, 0) is 11.3 Å². The fourth-order valence-electron chi connectivity index (χ4n) is 4.08. The van der Waals surface area contributed by atoms with Crippen LogP contribution in [0.4, 0.5) is 5.82 Å². The first-order chi connectivity index (χ1) is 14.5. The minimum absolute atomic E-state index is 0.0240. The minimum Gasteiger partial charge on any atom is -0.355 e. The van der Waals surface area contributed by atoms with Crippen LogP contribution < -0.4 is 4.90 Å². The molecule has 1 aliphatic rings. The van der Waals surface area contributed by atoms with E-state index in [0.29, 0.717) is 12.2 Å². The standard InChI is InChI=1S/C19H23N9OS/c1-12-10-27-15(13(2)20-19(27)30-12)11-25(3)18(29)14-6-8-26(9-7-14)17-5-4-16-21-23-24-28(16)22-17/h4-5,10,14H,6-9,11H2,1-3H3. The number of imidazole rings is 1. The van der Waals surface area contributed by atoms with E-state index in [1.54, 1.807) is 11.3 Å². The van der Waals surface area contributed by atoms with Gasteiger partial charge in [-0.2, -0.15) is 0 Å². The molecule has 0 atom stereocenters. The zero-order chi connectivity index (χ0) is 20.8. The number of fused-ring (bicyclic) bond motifs is 2. The average Bonchev–Trinajstić information content (AvgIpc) is 3.43. The summed E-state index contributed by atoms with van der Waals surface area (Å²) >= 11 is 1.67. The first kappa shape index (κ1) is 18.9. The highest BCUT2D eigenvalue weighted by atomic mass is 32.1. The van der Waals surface area contributed by atoms with Crippen molar-refractivity contribution in [3.8, 4) is 0 Å². The lowest BCUT2D eigenvalue weighted by atomic mass is 9.95. The topological polar surface area (TPSA) is 96.8 Å². The van der Waals surface area contributed by atoms with E-state index in [2.05, 4.69) is 48.0 Å². The molecule has 5 heterocycles. The molecule has 0 saturated carbocycles. The van der Waals surface area contributed by atoms with Gasteiger partial charge in [0.25, 0.3) is 0 Å². The first-order valence-corrected chi connectivity index (χ1v) is 10.8. The molecule has 30 heavy (non-hydrogen) atoms. The summed E-state index contributed by atoms with van der Waals surface area (Å²) in [6.45, 7) is 6.22. The third-order valence-corrected chi connectivity index (χ3v) is 6.63. The number of thiazole rings is 1. The zero-order valence-electron chi connectivity index (χ0n) is 17.2. The molecule has 0 unspecified atom stereocenters. The molecule has 11 heteroatoms. The Morgan fingerprint density at radius 2 is 2.07 bits per heavy atom. The van der Waals surface area contributed by atoms with Crippen LogP contribution in [0, 0.1) is 19.8 Å². The van der Waals surface area contributed by atoms with Gasteiger partial charge in [-0.05, 0) is 49.2 Å². The summed E-state index contributed by atoms with van der Waals surface area (Å²) in [5.74, 6) is 1.05. The fraction of sp³-hybridized carbons (Fsp3) is 0.474. The smallest absolute Gasteiger partial charge is 0.225 e. The molecule has 0 N–H and O–H groups in total. The largest absolute Gasteiger partial charge is 0.355 e. The second-order valence-electron chi connectivity index (χ2n) is 7.81. The highest BCUT2D eigenvalue weighted by Crippen LogP contribution is 2.25. The van der Waals surface area contributed by atoms with E-state index < -0.39 is 0 Å². The van der Waals surface area contributed by atoms with Gasteiger partial charge in [-0.25, -0.2) is 4.98 Å². The summed E-state index contributed by atoms with van der Waals surface area (Å²) in [4.78, 5) is 24.0. The molecule has 0 aromatic carbocycles. The van der Waals surface area contributed by atoms with E-state index in [1.807, 2.05) is 31.0 Å². The molecule has 10 nitrogen and oxygen atoms in total. The Balaban J connectivity index is 1.24. The SMILES string of the molecule is Cc1cn2c(CN(C)C(=O)C3CCN(c4ccc5nnnn5n4)CC3)c(C)nc2s1. The van der Waals surface area contributed by atoms with Crippen LogP contribution in [-0.4, -0.2) is 65.6 Å². The molecule has 0 bridgehead atoms. The number of aryl methyl sites for hydroxylation is 2. The second kappa shape index (κ2) is 7.31. The molecule has 1 saturated heterocycles. The van der Waals surface area contributed by atoms with Crippen LogP contribution in [0.3, 0.4) is 0 Å². The summed E-state index contributed by atoms with van der Waals surface area (Å²) in [6.07, 6.45) is 3.70. The number of amides is 1. The molecule has 5 rings (SSSR count). The quantitative estimate of drug-likeness (QED) is 0.491. The number of anilines is 1. The van der Waals surface area contributed by atoms with Crippen molar-refractivity contribution in [2.75, 3.05) is 25.0 Å². The maximum absolute atomic E-state index is 13.1. The molecule has 0 spiro atoms. The van der Waals surface area contributed by atoms with E-state index in [4.69, 9.17) is 0 Å². The number of carbonyl (C=O) groups excluding carboxylic acids is 1. The molecule has 0 aliphatic carbocycles. The molecule has 4 aromatic rings. The molecule has 4 aromatic heterocycles. The Morgan fingerprint density at radius 1 is 1.27 bits per heavy atom. The van der Waals surface area contributed by atoms with Crippen molar-refractivity contribution in [1.82, 2.24) is 39.5 Å². The Morgan fingerprint density at radius 3 is 2.87 bits per heavy atom. The second-order valence-corrected chi connectivity index (χ2v) is 9.03. The minimum atomic E-state index is 0.0240. The number of nitrogens with zero attached hydrogens (tertiary/aromatic N) is 9. The van der Waals surface area contributed by atoms with Crippen molar-refractivity contribution in [2.45, 2.75) is 33.2 Å². The van der Waals surface area contributed by atoms with Gasteiger partial charge in [0.1, 0.15) is 0 Å². The third kappa shape index (κ3) is 3.28. The molecular formula is C19H23N9OS. The highest BCUT2D eigenvalue weighted by molar-refractivity contribution is 7.17. The summed E-state index contributed by atoms with van der Waals surface area (Å²) < 4.78 is 3.55. The Labute approximate surface area is 177 Å². The Hall–Kier alpha value is -3.08. The van der Waals surface area contributed by atoms with Gasteiger partial charge in [0, 0.05) is 37.1 Å². The van der Waals surface area contributed by atoms with E-state index >= 15 is 0 Å². The molecule has 1 fully saturated rings. The van der Waals surface area contributed by atoms with Crippen LogP contribution in [0.25, 0.3) is 10.6 Å². The highest BCUT2D eigenvalue weighted by Gasteiger charge is 2.28. The molecule has 156 valence electrons. The summed E-state index contributed by atoms with van der Waals surface area (Å²) in [6, 6.07) is 3.78. The fourth-order valence-corrected chi connectivity index (χ4v) is 4.97. The van der Waals surface area contributed by atoms with Crippen molar-refractivity contribution < 1.29 is 4.79 Å². The number of hydrogen-bond donors (Lipinski definition) is 0. The van der Waals surface area contributed by atoms with Crippen molar-refractivity contribution in [3.63, 3.8) is 0 Å². The van der Waals surface area contributed by atoms with E-state index in [0.717, 1.165) is 48.1 Å². The summed E-state index contributed by atoms with van der Waals surface area (Å²) in [5.41, 5.74) is 2.69. The third-order valence-electron chi connectivity index (χ3n) is 5.73. The van der Waals surface area contributed by atoms with Gasteiger partial charge >= 0.3 is 0 Å². The van der Waals surface area contributed by atoms with Crippen molar-refractivity contribution in [3.05, 3.63) is 34.6 Å². The molecule has 0 radical (unpaired) electrons. The Kier molecular flexibility index (Phi) is 4.61. The number of carbonyl (C=O) groups is 1. The molecule has 1 amide bonds. The average molecular weight is 426 g/mol.